The van der Waals surface area contributed by atoms with Gasteiger partial charge >= 0.3 is 0 Å². The van der Waals surface area contributed by atoms with E-state index in [1.165, 1.54) is 31.4 Å². The highest BCUT2D eigenvalue weighted by Gasteiger charge is 2.18. The third-order valence-electron chi connectivity index (χ3n) is 4.06. The number of carbonyl (C=O) groups is 1. The molecule has 98 valence electrons. The summed E-state index contributed by atoms with van der Waals surface area (Å²) in [4.78, 5) is 13.3. The number of carbonyl (C=O) groups excluding carboxylic acids is 1. The molecule has 0 aliphatic carbocycles. The van der Waals surface area contributed by atoms with Gasteiger partial charge < -0.3 is 4.90 Å². The number of anilines is 1. The van der Waals surface area contributed by atoms with Gasteiger partial charge in [0.05, 0.1) is 0 Å². The topological polar surface area (TPSA) is 20.3 Å². The van der Waals surface area contributed by atoms with E-state index >= 15 is 0 Å². The summed E-state index contributed by atoms with van der Waals surface area (Å²) in [5.41, 5.74) is 3.16. The molecule has 0 radical (unpaired) electrons. The summed E-state index contributed by atoms with van der Waals surface area (Å²) in [6, 6.07) is 6.16. The molecule has 0 saturated carbocycles. The second-order valence-electron chi connectivity index (χ2n) is 5.38. The first kappa shape index (κ1) is 13.1. The van der Waals surface area contributed by atoms with Crippen LogP contribution in [0, 0.1) is 12.8 Å². The fourth-order valence-corrected chi connectivity index (χ4v) is 2.88. The number of rotatable bonds is 4. The maximum atomic E-state index is 10.8. The molecule has 2 heteroatoms. The van der Waals surface area contributed by atoms with Crippen LogP contribution in [0.15, 0.2) is 18.2 Å². The monoisotopic (exact) mass is 245 g/mol. The molecule has 1 saturated heterocycles. The largest absolute Gasteiger partial charge is 0.372 e. The molecule has 0 unspecified atom stereocenters. The Kier molecular flexibility index (Phi) is 4.40. The van der Waals surface area contributed by atoms with E-state index in [2.05, 4.69) is 24.0 Å². The van der Waals surface area contributed by atoms with Crippen molar-refractivity contribution >= 4 is 12.0 Å². The molecule has 2 nitrogen and oxygen atoms in total. The minimum atomic E-state index is 0.805. The first-order valence-corrected chi connectivity index (χ1v) is 7.05. The van der Waals surface area contributed by atoms with E-state index in [9.17, 15) is 4.79 Å². The van der Waals surface area contributed by atoms with Gasteiger partial charge in [0.2, 0.25) is 0 Å². The van der Waals surface area contributed by atoms with Gasteiger partial charge in [0.1, 0.15) is 6.29 Å². The molecule has 0 atom stereocenters. The van der Waals surface area contributed by atoms with Gasteiger partial charge in [-0.15, -0.1) is 0 Å². The molecule has 0 N–H and O–H groups in total. The SMILES string of the molecule is CCCC1CCN(c2ccc(C=O)c(C)c2)CC1. The molecule has 1 heterocycles. The fraction of sp³-hybridized carbons (Fsp3) is 0.562. The lowest BCUT2D eigenvalue weighted by molar-refractivity contribution is 0.112. The molecule has 1 aromatic carbocycles. The van der Waals surface area contributed by atoms with E-state index in [1.54, 1.807) is 0 Å². The molecule has 18 heavy (non-hydrogen) atoms. The molecular formula is C16H23NO. The third-order valence-corrected chi connectivity index (χ3v) is 4.06. The Morgan fingerprint density at radius 2 is 2.06 bits per heavy atom. The van der Waals surface area contributed by atoms with Gasteiger partial charge in [-0.2, -0.15) is 0 Å². The van der Waals surface area contributed by atoms with Crippen molar-refractivity contribution in [1.82, 2.24) is 0 Å². The molecule has 1 fully saturated rings. The summed E-state index contributed by atoms with van der Waals surface area (Å²) in [5, 5.41) is 0. The van der Waals surface area contributed by atoms with Crippen LogP contribution in [0.3, 0.4) is 0 Å². The Labute approximate surface area is 110 Å². The van der Waals surface area contributed by atoms with Crippen molar-refractivity contribution in [3.05, 3.63) is 29.3 Å². The molecule has 0 amide bonds. The fourth-order valence-electron chi connectivity index (χ4n) is 2.88. The highest BCUT2D eigenvalue weighted by atomic mass is 16.1. The van der Waals surface area contributed by atoms with Crippen LogP contribution in [-0.4, -0.2) is 19.4 Å². The van der Waals surface area contributed by atoms with E-state index in [1.807, 2.05) is 13.0 Å². The second-order valence-corrected chi connectivity index (χ2v) is 5.38. The molecular weight excluding hydrogens is 222 g/mol. The first-order chi connectivity index (χ1) is 8.74. The van der Waals surface area contributed by atoms with Gasteiger partial charge in [0, 0.05) is 24.3 Å². The molecule has 1 aromatic rings. The summed E-state index contributed by atoms with van der Waals surface area (Å²) in [5.74, 6) is 0.918. The number of aldehydes is 1. The number of hydrogen-bond donors (Lipinski definition) is 0. The van der Waals surface area contributed by atoms with Crippen LogP contribution in [-0.2, 0) is 0 Å². The molecule has 2 rings (SSSR count). The van der Waals surface area contributed by atoms with Crippen molar-refractivity contribution in [1.29, 1.82) is 0 Å². The third kappa shape index (κ3) is 2.92. The minimum absolute atomic E-state index is 0.805. The summed E-state index contributed by atoms with van der Waals surface area (Å²) >= 11 is 0. The Morgan fingerprint density at radius 1 is 1.33 bits per heavy atom. The van der Waals surface area contributed by atoms with Crippen molar-refractivity contribution in [2.75, 3.05) is 18.0 Å². The quantitative estimate of drug-likeness (QED) is 0.751. The van der Waals surface area contributed by atoms with Crippen molar-refractivity contribution in [2.24, 2.45) is 5.92 Å². The summed E-state index contributed by atoms with van der Waals surface area (Å²) in [7, 11) is 0. The summed E-state index contributed by atoms with van der Waals surface area (Å²) < 4.78 is 0. The van der Waals surface area contributed by atoms with Crippen molar-refractivity contribution in [2.45, 2.75) is 39.5 Å². The van der Waals surface area contributed by atoms with Gasteiger partial charge in [-0.25, -0.2) is 0 Å². The maximum Gasteiger partial charge on any atom is 0.150 e. The van der Waals surface area contributed by atoms with Gasteiger partial charge in [-0.3, -0.25) is 4.79 Å². The molecule has 1 aliphatic heterocycles. The van der Waals surface area contributed by atoms with Gasteiger partial charge in [0.15, 0.2) is 0 Å². The Morgan fingerprint density at radius 3 is 2.61 bits per heavy atom. The smallest absolute Gasteiger partial charge is 0.150 e. The van der Waals surface area contributed by atoms with E-state index in [4.69, 9.17) is 0 Å². The highest BCUT2D eigenvalue weighted by molar-refractivity contribution is 5.78. The highest BCUT2D eigenvalue weighted by Crippen LogP contribution is 2.26. The maximum absolute atomic E-state index is 10.8. The lowest BCUT2D eigenvalue weighted by Crippen LogP contribution is -2.33. The van der Waals surface area contributed by atoms with E-state index in [0.717, 1.165) is 36.4 Å². The molecule has 0 aromatic heterocycles. The van der Waals surface area contributed by atoms with Crippen LogP contribution in [0.2, 0.25) is 0 Å². The van der Waals surface area contributed by atoms with E-state index in [-0.39, 0.29) is 0 Å². The first-order valence-electron chi connectivity index (χ1n) is 7.05. The van der Waals surface area contributed by atoms with E-state index in [0.29, 0.717) is 0 Å². The van der Waals surface area contributed by atoms with Gasteiger partial charge in [-0.05, 0) is 49.4 Å². The lowest BCUT2D eigenvalue weighted by atomic mass is 9.92. The summed E-state index contributed by atoms with van der Waals surface area (Å²) in [6.07, 6.45) is 6.23. The van der Waals surface area contributed by atoms with Crippen LogP contribution in [0.5, 0.6) is 0 Å². The number of benzene rings is 1. The zero-order valence-electron chi connectivity index (χ0n) is 11.5. The number of hydrogen-bond acceptors (Lipinski definition) is 2. The minimum Gasteiger partial charge on any atom is -0.372 e. The average Bonchev–Trinajstić information content (AvgIpc) is 2.40. The van der Waals surface area contributed by atoms with Crippen molar-refractivity contribution in [3.8, 4) is 0 Å². The molecule has 0 spiro atoms. The summed E-state index contributed by atoms with van der Waals surface area (Å²) in [6.45, 7) is 6.60. The van der Waals surface area contributed by atoms with Crippen molar-refractivity contribution < 1.29 is 4.79 Å². The normalized spacial score (nSPS) is 16.9. The number of aryl methyl sites for hydroxylation is 1. The zero-order chi connectivity index (χ0) is 13.0. The van der Waals surface area contributed by atoms with Crippen LogP contribution in [0.25, 0.3) is 0 Å². The lowest BCUT2D eigenvalue weighted by Gasteiger charge is -2.33. The van der Waals surface area contributed by atoms with E-state index < -0.39 is 0 Å². The standard InChI is InChI=1S/C16H23NO/c1-3-4-14-7-9-17(10-8-14)16-6-5-15(12-18)13(2)11-16/h5-6,11-12,14H,3-4,7-10H2,1-2H3. The van der Waals surface area contributed by atoms with Crippen LogP contribution in [0.1, 0.15) is 48.5 Å². The second kappa shape index (κ2) is 6.03. The van der Waals surface area contributed by atoms with Gasteiger partial charge in [0.25, 0.3) is 0 Å². The Bertz CT molecular complexity index is 406. The predicted molar refractivity (Wildman–Crippen MR) is 76.4 cm³/mol. The Hall–Kier alpha value is -1.31. The number of piperidine rings is 1. The van der Waals surface area contributed by atoms with Gasteiger partial charge in [-0.1, -0.05) is 19.8 Å². The van der Waals surface area contributed by atoms with Crippen LogP contribution in [0.4, 0.5) is 5.69 Å². The van der Waals surface area contributed by atoms with Crippen LogP contribution < -0.4 is 4.90 Å². The molecule has 1 aliphatic rings. The van der Waals surface area contributed by atoms with Crippen LogP contribution >= 0.6 is 0 Å². The molecule has 0 bridgehead atoms. The Balaban J connectivity index is 2.01. The van der Waals surface area contributed by atoms with Crippen molar-refractivity contribution in [3.63, 3.8) is 0 Å². The number of nitrogens with zero attached hydrogens (tertiary/aromatic N) is 1. The zero-order valence-corrected chi connectivity index (χ0v) is 11.5. The average molecular weight is 245 g/mol. The predicted octanol–water partition coefficient (Wildman–Crippen LogP) is 3.82.